The summed E-state index contributed by atoms with van der Waals surface area (Å²) in [6.45, 7) is 0. The maximum atomic E-state index is 10.6. The van der Waals surface area contributed by atoms with Crippen LogP contribution in [0.2, 0.25) is 0 Å². The molecule has 5 nitrogen and oxygen atoms in total. The number of amides is 2. The third-order valence-electron chi connectivity index (χ3n) is 1.22. The lowest BCUT2D eigenvalue weighted by atomic mass is 10.6. The first-order valence-electron chi connectivity index (χ1n) is 3.01. The molecule has 0 aliphatic rings. The highest BCUT2D eigenvalue weighted by molar-refractivity contribution is 5.88. The van der Waals surface area contributed by atoms with Gasteiger partial charge >= 0.3 is 6.03 Å². The normalized spacial score (nSPS) is 9.18. The van der Waals surface area contributed by atoms with Gasteiger partial charge < -0.3 is 5.73 Å². The lowest BCUT2D eigenvalue weighted by Crippen LogP contribution is -2.32. The monoisotopic (exact) mass is 152 g/mol. The van der Waals surface area contributed by atoms with E-state index in [4.69, 9.17) is 5.73 Å². The molecule has 0 saturated carbocycles. The molecule has 1 heterocycles. The van der Waals surface area contributed by atoms with Crippen molar-refractivity contribution >= 4 is 11.8 Å². The third kappa shape index (κ3) is 1.64. The largest absolute Gasteiger partial charge is 0.351 e. The van der Waals surface area contributed by atoms with E-state index in [1.807, 2.05) is 0 Å². The van der Waals surface area contributed by atoms with Gasteiger partial charge in [0.25, 0.3) is 0 Å². The first-order chi connectivity index (χ1) is 5.22. The Morgan fingerprint density at radius 1 is 1.64 bits per heavy atom. The summed E-state index contributed by atoms with van der Waals surface area (Å²) in [5, 5.41) is 0. The van der Waals surface area contributed by atoms with Crippen LogP contribution in [0, 0.1) is 0 Å². The summed E-state index contributed by atoms with van der Waals surface area (Å²) in [7, 11) is 1.53. The van der Waals surface area contributed by atoms with E-state index in [0.29, 0.717) is 5.82 Å². The van der Waals surface area contributed by atoms with Gasteiger partial charge in [0.05, 0.1) is 6.20 Å². The zero-order valence-corrected chi connectivity index (χ0v) is 6.06. The van der Waals surface area contributed by atoms with E-state index in [2.05, 4.69) is 9.97 Å². The molecule has 0 fully saturated rings. The Kier molecular flexibility index (Phi) is 2.00. The topological polar surface area (TPSA) is 72.1 Å². The van der Waals surface area contributed by atoms with E-state index >= 15 is 0 Å². The molecule has 0 aliphatic heterocycles. The maximum absolute atomic E-state index is 10.6. The van der Waals surface area contributed by atoms with Gasteiger partial charge in [-0.1, -0.05) is 0 Å². The predicted octanol–water partition coefficient (Wildman–Crippen LogP) is -0.00850. The van der Waals surface area contributed by atoms with E-state index in [1.54, 1.807) is 0 Å². The molecule has 0 saturated heterocycles. The molecule has 11 heavy (non-hydrogen) atoms. The zero-order valence-electron chi connectivity index (χ0n) is 6.06. The Hall–Kier alpha value is -1.65. The summed E-state index contributed by atoms with van der Waals surface area (Å²) in [5.41, 5.74) is 4.99. The molecule has 5 heteroatoms. The maximum Gasteiger partial charge on any atom is 0.320 e. The van der Waals surface area contributed by atoms with Crippen LogP contribution in [0.1, 0.15) is 0 Å². The summed E-state index contributed by atoms with van der Waals surface area (Å²) in [6.07, 6.45) is 4.48. The van der Waals surface area contributed by atoms with Crippen LogP contribution in [0.15, 0.2) is 18.6 Å². The smallest absolute Gasteiger partial charge is 0.320 e. The number of carbonyl (C=O) groups excluding carboxylic acids is 1. The number of rotatable bonds is 1. The molecule has 0 aliphatic carbocycles. The molecule has 0 atom stereocenters. The zero-order chi connectivity index (χ0) is 8.27. The van der Waals surface area contributed by atoms with Gasteiger partial charge in [0.2, 0.25) is 0 Å². The van der Waals surface area contributed by atoms with E-state index in [-0.39, 0.29) is 0 Å². The van der Waals surface area contributed by atoms with E-state index < -0.39 is 6.03 Å². The molecule has 0 bridgehead atoms. The Bertz CT molecular complexity index is 248. The minimum Gasteiger partial charge on any atom is -0.351 e. The highest BCUT2D eigenvalue weighted by atomic mass is 16.2. The average Bonchev–Trinajstić information content (AvgIpc) is 2.05. The van der Waals surface area contributed by atoms with Crippen LogP contribution in [0.3, 0.4) is 0 Å². The van der Waals surface area contributed by atoms with Gasteiger partial charge in [-0.25, -0.2) is 9.78 Å². The lowest BCUT2D eigenvalue weighted by molar-refractivity contribution is 0.255. The SMILES string of the molecule is CN(C(N)=O)c1cnccn1. The van der Waals surface area contributed by atoms with Crippen LogP contribution in [-0.4, -0.2) is 23.0 Å². The summed E-state index contributed by atoms with van der Waals surface area (Å²) < 4.78 is 0. The van der Waals surface area contributed by atoms with Crippen LogP contribution in [0.4, 0.5) is 10.6 Å². The van der Waals surface area contributed by atoms with Crippen molar-refractivity contribution in [3.05, 3.63) is 18.6 Å². The molecule has 2 N–H and O–H groups in total. The second kappa shape index (κ2) is 2.96. The fourth-order valence-corrected chi connectivity index (χ4v) is 0.577. The quantitative estimate of drug-likeness (QED) is 0.615. The van der Waals surface area contributed by atoms with Gasteiger partial charge in [-0.2, -0.15) is 0 Å². The van der Waals surface area contributed by atoms with Crippen LogP contribution in [-0.2, 0) is 0 Å². The van der Waals surface area contributed by atoms with E-state index in [0.717, 1.165) is 0 Å². The van der Waals surface area contributed by atoms with Crippen molar-refractivity contribution in [3.8, 4) is 0 Å². The van der Waals surface area contributed by atoms with Crippen molar-refractivity contribution in [2.75, 3.05) is 11.9 Å². The number of anilines is 1. The van der Waals surface area contributed by atoms with Crippen molar-refractivity contribution in [2.45, 2.75) is 0 Å². The van der Waals surface area contributed by atoms with Crippen molar-refractivity contribution in [1.29, 1.82) is 0 Å². The van der Waals surface area contributed by atoms with Crippen LogP contribution >= 0.6 is 0 Å². The number of primary amides is 1. The first kappa shape index (κ1) is 7.46. The first-order valence-corrected chi connectivity index (χ1v) is 3.01. The van der Waals surface area contributed by atoms with Crippen molar-refractivity contribution < 1.29 is 4.79 Å². The van der Waals surface area contributed by atoms with Gasteiger partial charge in [-0.3, -0.25) is 9.88 Å². The second-order valence-electron chi connectivity index (χ2n) is 1.96. The Morgan fingerprint density at radius 3 is 2.82 bits per heavy atom. The fraction of sp³-hybridized carbons (Fsp3) is 0.167. The van der Waals surface area contributed by atoms with Gasteiger partial charge in [-0.15, -0.1) is 0 Å². The predicted molar refractivity (Wildman–Crippen MR) is 40.0 cm³/mol. The van der Waals surface area contributed by atoms with E-state index in [9.17, 15) is 4.79 Å². The second-order valence-corrected chi connectivity index (χ2v) is 1.96. The van der Waals surface area contributed by atoms with Gasteiger partial charge in [0, 0.05) is 19.4 Å². The highest BCUT2D eigenvalue weighted by Gasteiger charge is 2.05. The fourth-order valence-electron chi connectivity index (χ4n) is 0.577. The minimum atomic E-state index is -0.550. The van der Waals surface area contributed by atoms with Gasteiger partial charge in [0.15, 0.2) is 5.82 Å². The van der Waals surface area contributed by atoms with Crippen LogP contribution in [0.25, 0.3) is 0 Å². The Morgan fingerprint density at radius 2 is 2.36 bits per heavy atom. The number of hydrogen-bond acceptors (Lipinski definition) is 3. The standard InChI is InChI=1S/C6H8N4O/c1-10(6(7)11)5-4-8-2-3-9-5/h2-4H,1H3,(H2,7,11). The average molecular weight is 152 g/mol. The Balaban J connectivity index is 2.85. The molecule has 1 aromatic rings. The molecule has 0 spiro atoms. The molecule has 0 aromatic carbocycles. The molecule has 0 radical (unpaired) electrons. The minimum absolute atomic E-state index is 0.444. The third-order valence-corrected chi connectivity index (χ3v) is 1.22. The summed E-state index contributed by atoms with van der Waals surface area (Å²) in [6, 6.07) is -0.550. The number of hydrogen-bond donors (Lipinski definition) is 1. The summed E-state index contributed by atoms with van der Waals surface area (Å²) in [5.74, 6) is 0.444. The van der Waals surface area contributed by atoms with Crippen molar-refractivity contribution in [1.82, 2.24) is 9.97 Å². The summed E-state index contributed by atoms with van der Waals surface area (Å²) >= 11 is 0. The van der Waals surface area contributed by atoms with Crippen LogP contribution < -0.4 is 10.6 Å². The van der Waals surface area contributed by atoms with Gasteiger partial charge in [0.1, 0.15) is 0 Å². The molecule has 58 valence electrons. The number of nitrogens with two attached hydrogens (primary N) is 1. The molecule has 1 rings (SSSR count). The molecule has 2 amide bonds. The molecule has 0 unspecified atom stereocenters. The molecule has 1 aromatic heterocycles. The highest BCUT2D eigenvalue weighted by Crippen LogP contribution is 2.02. The molecular weight excluding hydrogens is 144 g/mol. The van der Waals surface area contributed by atoms with Crippen molar-refractivity contribution in [3.63, 3.8) is 0 Å². The van der Waals surface area contributed by atoms with Crippen LogP contribution in [0.5, 0.6) is 0 Å². The summed E-state index contributed by atoms with van der Waals surface area (Å²) in [4.78, 5) is 19.4. The lowest BCUT2D eigenvalue weighted by Gasteiger charge is -2.10. The Labute approximate surface area is 63.9 Å². The van der Waals surface area contributed by atoms with Gasteiger partial charge in [-0.05, 0) is 0 Å². The van der Waals surface area contributed by atoms with E-state index in [1.165, 1.54) is 30.5 Å². The number of carbonyl (C=O) groups is 1. The number of urea groups is 1. The molecular formula is C6H8N4O. The van der Waals surface area contributed by atoms with Crippen molar-refractivity contribution in [2.24, 2.45) is 5.73 Å². The number of nitrogens with zero attached hydrogens (tertiary/aromatic N) is 3. The number of aromatic nitrogens is 2.